The lowest BCUT2D eigenvalue weighted by atomic mass is 10.3. The van der Waals surface area contributed by atoms with Crippen molar-refractivity contribution in [2.45, 2.75) is 9.24 Å². The molecule has 0 atom stereocenters. The molecule has 0 radical (unpaired) electrons. The number of methoxy groups -OCH3 is 1. The van der Waals surface area contributed by atoms with Gasteiger partial charge in [-0.3, -0.25) is 0 Å². The van der Waals surface area contributed by atoms with E-state index in [-0.39, 0.29) is 14.9 Å². The van der Waals surface area contributed by atoms with E-state index in [1.165, 1.54) is 13.2 Å². The molecule has 0 saturated carbocycles. The van der Waals surface area contributed by atoms with Gasteiger partial charge in [-0.25, -0.2) is 18.6 Å². The van der Waals surface area contributed by atoms with Gasteiger partial charge in [-0.05, 0) is 12.1 Å². The van der Waals surface area contributed by atoms with Crippen molar-refractivity contribution in [3.05, 3.63) is 39.9 Å². The number of hydrogen-bond acceptors (Lipinski definition) is 5. The lowest BCUT2D eigenvalue weighted by molar-refractivity contribution is 0.0606. The van der Waals surface area contributed by atoms with Crippen LogP contribution in [0.1, 0.15) is 9.67 Å². The van der Waals surface area contributed by atoms with Gasteiger partial charge in [0.15, 0.2) is 14.4 Å². The van der Waals surface area contributed by atoms with Crippen LogP contribution in [0, 0.1) is 11.6 Å². The summed E-state index contributed by atoms with van der Waals surface area (Å²) in [6, 6.07) is 3.21. The number of esters is 1. The highest BCUT2D eigenvalue weighted by Gasteiger charge is 2.18. The van der Waals surface area contributed by atoms with Gasteiger partial charge in [0.2, 0.25) is 0 Å². The Balaban J connectivity index is 2.26. The molecule has 0 saturated heterocycles. The SMILES string of the molecule is COC(=O)c1sc(Sc2ccc(F)cc2F)nc1Cl. The van der Waals surface area contributed by atoms with E-state index in [9.17, 15) is 13.6 Å². The van der Waals surface area contributed by atoms with Gasteiger partial charge in [-0.15, -0.1) is 0 Å². The van der Waals surface area contributed by atoms with Crippen LogP contribution in [0.3, 0.4) is 0 Å². The first-order valence-electron chi connectivity index (χ1n) is 4.89. The molecule has 0 aliphatic rings. The van der Waals surface area contributed by atoms with Crippen molar-refractivity contribution in [2.24, 2.45) is 0 Å². The monoisotopic (exact) mass is 321 g/mol. The second-order valence-corrected chi connectivity index (χ2v) is 5.91. The Morgan fingerprint density at radius 2 is 2.21 bits per heavy atom. The first-order valence-corrected chi connectivity index (χ1v) is 6.90. The van der Waals surface area contributed by atoms with Crippen LogP contribution in [0.2, 0.25) is 5.15 Å². The highest BCUT2D eigenvalue weighted by Crippen LogP contribution is 2.36. The smallest absolute Gasteiger partial charge is 0.351 e. The van der Waals surface area contributed by atoms with Gasteiger partial charge >= 0.3 is 5.97 Å². The molecule has 0 fully saturated rings. The fraction of sp³-hybridized carbons (Fsp3) is 0.0909. The van der Waals surface area contributed by atoms with Gasteiger partial charge in [0, 0.05) is 6.07 Å². The van der Waals surface area contributed by atoms with Crippen molar-refractivity contribution in [1.82, 2.24) is 4.98 Å². The minimum atomic E-state index is -0.698. The number of carbonyl (C=O) groups is 1. The van der Waals surface area contributed by atoms with Crippen LogP contribution in [-0.4, -0.2) is 18.1 Å². The van der Waals surface area contributed by atoms with E-state index in [0.717, 1.165) is 35.2 Å². The topological polar surface area (TPSA) is 39.2 Å². The van der Waals surface area contributed by atoms with Gasteiger partial charge < -0.3 is 4.74 Å². The molecule has 8 heteroatoms. The molecule has 0 N–H and O–H groups in total. The molecule has 0 unspecified atom stereocenters. The van der Waals surface area contributed by atoms with Gasteiger partial charge in [0.05, 0.1) is 12.0 Å². The zero-order chi connectivity index (χ0) is 14.0. The van der Waals surface area contributed by atoms with E-state index >= 15 is 0 Å². The molecule has 19 heavy (non-hydrogen) atoms. The largest absolute Gasteiger partial charge is 0.465 e. The van der Waals surface area contributed by atoms with Crippen molar-refractivity contribution < 1.29 is 18.3 Å². The Bertz CT molecular complexity index is 633. The van der Waals surface area contributed by atoms with Crippen LogP contribution in [0.5, 0.6) is 0 Å². The molecule has 0 bridgehead atoms. The fourth-order valence-corrected chi connectivity index (χ4v) is 3.49. The molecule has 0 spiro atoms. The predicted molar refractivity (Wildman–Crippen MR) is 68.9 cm³/mol. The molecule has 2 aromatic rings. The molecule has 1 aromatic heterocycles. The van der Waals surface area contributed by atoms with Gasteiger partial charge in [-0.2, -0.15) is 0 Å². The molecule has 1 heterocycles. The lowest BCUT2D eigenvalue weighted by Crippen LogP contribution is -1.98. The highest BCUT2D eigenvalue weighted by atomic mass is 35.5. The maximum absolute atomic E-state index is 13.5. The second kappa shape index (κ2) is 5.85. The maximum atomic E-state index is 13.5. The molecule has 0 aliphatic carbocycles. The van der Waals surface area contributed by atoms with Crippen molar-refractivity contribution in [3.8, 4) is 0 Å². The molecule has 100 valence electrons. The number of hydrogen-bond donors (Lipinski definition) is 0. The van der Waals surface area contributed by atoms with E-state index in [1.807, 2.05) is 0 Å². The van der Waals surface area contributed by atoms with Crippen LogP contribution in [0.15, 0.2) is 27.4 Å². The van der Waals surface area contributed by atoms with E-state index in [2.05, 4.69) is 9.72 Å². The standard InChI is InChI=1S/C11H6ClF2NO2S2/c1-17-10(16)8-9(12)15-11(19-8)18-7-3-2-5(13)4-6(7)14/h2-4H,1H3. The average Bonchev–Trinajstić information content (AvgIpc) is 2.73. The Labute approximate surface area is 120 Å². The lowest BCUT2D eigenvalue weighted by Gasteiger charge is -1.99. The predicted octanol–water partition coefficient (Wildman–Crippen LogP) is 4.01. The Morgan fingerprint density at radius 1 is 1.47 bits per heavy atom. The number of carbonyl (C=O) groups excluding carboxylic acids is 1. The number of ether oxygens (including phenoxy) is 1. The van der Waals surface area contributed by atoms with E-state index in [4.69, 9.17) is 11.6 Å². The van der Waals surface area contributed by atoms with Crippen molar-refractivity contribution >= 4 is 40.7 Å². The number of aromatic nitrogens is 1. The minimum absolute atomic E-state index is 0.00173. The number of thiazole rings is 1. The molecule has 3 nitrogen and oxygen atoms in total. The molecular formula is C11H6ClF2NO2S2. The summed E-state index contributed by atoms with van der Waals surface area (Å²) >= 11 is 7.73. The van der Waals surface area contributed by atoms with Crippen LogP contribution in [-0.2, 0) is 4.74 Å². The molecule has 2 rings (SSSR count). The Morgan fingerprint density at radius 3 is 2.84 bits per heavy atom. The average molecular weight is 322 g/mol. The van der Waals surface area contributed by atoms with Crippen LogP contribution >= 0.6 is 34.7 Å². The third kappa shape index (κ3) is 3.23. The summed E-state index contributed by atoms with van der Waals surface area (Å²) in [5, 5.41) is 0.00173. The quantitative estimate of drug-likeness (QED) is 0.801. The normalized spacial score (nSPS) is 10.5. The van der Waals surface area contributed by atoms with Crippen molar-refractivity contribution in [3.63, 3.8) is 0 Å². The fourth-order valence-electron chi connectivity index (χ4n) is 1.20. The van der Waals surface area contributed by atoms with Crippen LogP contribution in [0.25, 0.3) is 0 Å². The van der Waals surface area contributed by atoms with E-state index in [1.54, 1.807) is 0 Å². The van der Waals surface area contributed by atoms with Gasteiger partial charge in [0.1, 0.15) is 11.6 Å². The number of nitrogens with zero attached hydrogens (tertiary/aromatic N) is 1. The summed E-state index contributed by atoms with van der Waals surface area (Å²) in [5.41, 5.74) is 0. The van der Waals surface area contributed by atoms with Crippen LogP contribution in [0.4, 0.5) is 8.78 Å². The molecule has 1 aromatic carbocycles. The first kappa shape index (κ1) is 14.2. The zero-order valence-electron chi connectivity index (χ0n) is 9.45. The van der Waals surface area contributed by atoms with E-state index in [0.29, 0.717) is 4.34 Å². The number of rotatable bonds is 3. The summed E-state index contributed by atoms with van der Waals surface area (Å²) in [6.07, 6.45) is 0. The molecule has 0 amide bonds. The van der Waals surface area contributed by atoms with Crippen molar-refractivity contribution in [2.75, 3.05) is 7.11 Å². The Kier molecular flexibility index (Phi) is 4.38. The summed E-state index contributed by atoms with van der Waals surface area (Å²) < 4.78 is 31.1. The summed E-state index contributed by atoms with van der Waals surface area (Å²) in [7, 11) is 1.23. The number of benzene rings is 1. The van der Waals surface area contributed by atoms with E-state index < -0.39 is 17.6 Å². The minimum Gasteiger partial charge on any atom is -0.465 e. The first-order chi connectivity index (χ1) is 9.01. The zero-order valence-corrected chi connectivity index (χ0v) is 11.8. The molecular weight excluding hydrogens is 316 g/mol. The number of halogens is 3. The third-order valence-electron chi connectivity index (χ3n) is 2.03. The summed E-state index contributed by atoms with van der Waals surface area (Å²) in [6.45, 7) is 0. The van der Waals surface area contributed by atoms with Gasteiger partial charge in [0.25, 0.3) is 0 Å². The van der Waals surface area contributed by atoms with Crippen molar-refractivity contribution in [1.29, 1.82) is 0 Å². The summed E-state index contributed by atoms with van der Waals surface area (Å²) in [4.78, 5) is 15.6. The molecule has 0 aliphatic heterocycles. The summed E-state index contributed by atoms with van der Waals surface area (Å²) in [5.74, 6) is -1.96. The van der Waals surface area contributed by atoms with Gasteiger partial charge in [-0.1, -0.05) is 34.7 Å². The maximum Gasteiger partial charge on any atom is 0.351 e. The second-order valence-electron chi connectivity index (χ2n) is 3.27. The highest BCUT2D eigenvalue weighted by molar-refractivity contribution is 8.01. The third-order valence-corrected chi connectivity index (χ3v) is 4.56. The Hall–Kier alpha value is -1.18. The van der Waals surface area contributed by atoms with Crippen LogP contribution < -0.4 is 0 Å².